The predicted molar refractivity (Wildman–Crippen MR) is 372 cm³/mol. The van der Waals surface area contributed by atoms with Crippen molar-refractivity contribution in [3.8, 4) is 11.8 Å². The molecule has 4 aliphatic carbocycles. The number of esters is 1. The largest absolute Gasteiger partial charge is 0.461 e. The maximum atomic E-state index is 18.0. The molecule has 1 unspecified atom stereocenters. The number of aliphatic hydroxyl groups is 1. The van der Waals surface area contributed by atoms with E-state index < -0.39 is 100 Å². The van der Waals surface area contributed by atoms with E-state index in [1.807, 2.05) is 62.4 Å². The molecule has 24 heteroatoms. The van der Waals surface area contributed by atoms with Gasteiger partial charge >= 0.3 is 12.0 Å². The van der Waals surface area contributed by atoms with Crippen molar-refractivity contribution in [1.82, 2.24) is 16.0 Å². The topological polar surface area (TPSA) is 299 Å². The Morgan fingerprint density at radius 3 is 2.17 bits per heavy atom. The lowest BCUT2D eigenvalue weighted by Crippen LogP contribution is -2.70. The fourth-order valence-electron chi connectivity index (χ4n) is 15.5. The molecule has 22 nitrogen and oxygen atoms in total. The van der Waals surface area contributed by atoms with Crippen LogP contribution in [0.3, 0.4) is 0 Å². The van der Waals surface area contributed by atoms with Crippen molar-refractivity contribution in [2.24, 2.45) is 40.2 Å². The number of para-hydroxylation sites is 1. The number of halogens is 2. The van der Waals surface area contributed by atoms with Gasteiger partial charge in [0.25, 0.3) is 0 Å². The number of ketones is 2. The number of alkyl halides is 2. The number of anilines is 2. The van der Waals surface area contributed by atoms with Crippen molar-refractivity contribution in [2.45, 2.75) is 173 Å². The molecule has 0 radical (unpaired) electrons. The molecule has 1 saturated heterocycles. The molecule has 3 aromatic carbocycles. The summed E-state index contributed by atoms with van der Waals surface area (Å²) < 4.78 is 75.4. The first-order chi connectivity index (χ1) is 48.4. The van der Waals surface area contributed by atoms with E-state index in [9.17, 15) is 43.5 Å². The number of fused-ring (bicyclic) bond motifs is 9. The summed E-state index contributed by atoms with van der Waals surface area (Å²) in [4.78, 5) is 108. The number of aliphatic hydroxyl groups excluding tert-OH is 1. The van der Waals surface area contributed by atoms with Crippen LogP contribution in [0.1, 0.15) is 140 Å². The quantitative estimate of drug-likeness (QED) is 0.0179. The van der Waals surface area contributed by atoms with Gasteiger partial charge in [0, 0.05) is 84.7 Å². The van der Waals surface area contributed by atoms with Crippen LogP contribution in [0, 0.1) is 46.3 Å². The molecular weight excluding hydrogens is 1300 g/mol. The number of urea groups is 1. The Morgan fingerprint density at radius 2 is 1.47 bits per heavy atom. The Morgan fingerprint density at radius 1 is 0.792 bits per heavy atom. The lowest BCUT2D eigenvalue weighted by molar-refractivity contribution is -0.234. The normalized spacial score (nSPS) is 25.7. The van der Waals surface area contributed by atoms with Crippen LogP contribution in [0.15, 0.2) is 109 Å². The standard InChI is InChI=1S/C77H98F2N6O16/c1-7-13-70-100-65-45-57-58-44-60(78)59-42-50(4)29-31-74(59,5)76(58,79)64(88)46-75(57,6)77(65,101-70)63(87)25-28-69(92)99-48-51-19-23-56(24-20-51)83-72(93)54(17-12-32-82-73(80)94)43-62(86)71(49(2)3)84-67(90)30-34-95-36-38-97-40-41-98-39-37-96-35-33-81-66(89)26-27-68(91)85-47-55-16-9-8-14-52(55)21-22-53-15-10-11-18-61(53)85/h8-11,14-16,18-20,23-24,29,31,42,49,54,57-58,60,64-65,70-71,88H,4,7,12-13,17,25-28,30,32-41,43-48H2,1-3,5-6H3,(H,81,89)(H,83,93)(H,84,90)(H3,80,82,94)/t54-,57+,58+,60+,64+,65-,70?,71+,74+,75+,76+,77-/m1/s1. The minimum Gasteiger partial charge on any atom is -0.461 e. The number of nitrogens with two attached hydrogens (primary N) is 1. The first-order valence-corrected chi connectivity index (χ1v) is 35.4. The minimum atomic E-state index is -2.26. The van der Waals surface area contributed by atoms with E-state index >= 15 is 8.78 Å². The number of hydrogen-bond acceptors (Lipinski definition) is 16. The number of amides is 6. The maximum Gasteiger partial charge on any atom is 0.312 e. The van der Waals surface area contributed by atoms with E-state index in [1.54, 1.807) is 68.2 Å². The van der Waals surface area contributed by atoms with E-state index in [2.05, 4.69) is 39.7 Å². The monoisotopic (exact) mass is 1400 g/mol. The Hall–Kier alpha value is -8.02. The van der Waals surface area contributed by atoms with Gasteiger partial charge in [-0.3, -0.25) is 33.6 Å². The second kappa shape index (κ2) is 35.2. The van der Waals surface area contributed by atoms with E-state index in [-0.39, 0.29) is 139 Å². The molecule has 101 heavy (non-hydrogen) atoms. The second-order valence-electron chi connectivity index (χ2n) is 27.8. The summed E-state index contributed by atoms with van der Waals surface area (Å²) in [6, 6.07) is 20.0. The van der Waals surface area contributed by atoms with Crippen molar-refractivity contribution in [1.29, 1.82) is 0 Å². The third kappa shape index (κ3) is 18.3. The van der Waals surface area contributed by atoms with Gasteiger partial charge < -0.3 is 70.2 Å². The molecule has 0 bridgehead atoms. The highest BCUT2D eigenvalue weighted by molar-refractivity contribution is 5.98. The molecule has 0 spiro atoms. The average molecular weight is 1400 g/mol. The lowest BCUT2D eigenvalue weighted by atomic mass is 9.44. The highest BCUT2D eigenvalue weighted by Crippen LogP contribution is 2.72. The molecule has 2 aliphatic heterocycles. The fourth-order valence-corrected chi connectivity index (χ4v) is 15.5. The van der Waals surface area contributed by atoms with Crippen molar-refractivity contribution in [3.63, 3.8) is 0 Å². The van der Waals surface area contributed by atoms with Crippen LogP contribution in [0.4, 0.5) is 25.0 Å². The summed E-state index contributed by atoms with van der Waals surface area (Å²) in [5.74, 6) is 0.805. The van der Waals surface area contributed by atoms with Gasteiger partial charge in [-0.1, -0.05) is 113 Å². The molecule has 3 aromatic rings. The van der Waals surface area contributed by atoms with Crippen LogP contribution < -0.4 is 31.9 Å². The van der Waals surface area contributed by atoms with Gasteiger partial charge in [-0.05, 0) is 110 Å². The summed E-state index contributed by atoms with van der Waals surface area (Å²) in [7, 11) is 0. The number of allylic oxidation sites excluding steroid dienone is 5. The predicted octanol–water partition coefficient (Wildman–Crippen LogP) is 8.68. The number of nitrogens with one attached hydrogen (secondary N) is 4. The molecule has 9 rings (SSSR count). The highest BCUT2D eigenvalue weighted by Gasteiger charge is 2.80. The summed E-state index contributed by atoms with van der Waals surface area (Å²) in [5.41, 5.74) is 3.75. The van der Waals surface area contributed by atoms with Gasteiger partial charge in [-0.25, -0.2) is 13.6 Å². The molecule has 7 N–H and O–H groups in total. The molecular formula is C77H98F2N6O16. The average Bonchev–Trinajstić information content (AvgIpc) is 1.56. The third-order valence-electron chi connectivity index (χ3n) is 20.7. The van der Waals surface area contributed by atoms with Crippen molar-refractivity contribution in [3.05, 3.63) is 131 Å². The van der Waals surface area contributed by atoms with Gasteiger partial charge in [0.05, 0.1) is 89.8 Å². The van der Waals surface area contributed by atoms with Gasteiger partial charge in [-0.2, -0.15) is 0 Å². The molecule has 0 aromatic heterocycles. The van der Waals surface area contributed by atoms with Crippen LogP contribution in [0.25, 0.3) is 0 Å². The molecule has 3 saturated carbocycles. The molecule has 4 fully saturated rings. The molecule has 546 valence electrons. The van der Waals surface area contributed by atoms with Crippen LogP contribution in [-0.4, -0.2) is 160 Å². The number of rotatable bonds is 37. The third-order valence-corrected chi connectivity index (χ3v) is 20.7. The number of nitrogens with zero attached hydrogens (tertiary/aromatic N) is 1. The van der Waals surface area contributed by atoms with Crippen molar-refractivity contribution >= 4 is 58.6 Å². The molecule has 2 heterocycles. The lowest BCUT2D eigenvalue weighted by Gasteiger charge is -2.63. The zero-order valence-corrected chi connectivity index (χ0v) is 58.6. The first kappa shape index (κ1) is 77.1. The number of benzene rings is 3. The van der Waals surface area contributed by atoms with Gasteiger partial charge in [0.15, 0.2) is 29.1 Å². The summed E-state index contributed by atoms with van der Waals surface area (Å²) >= 11 is 0. The van der Waals surface area contributed by atoms with E-state index in [1.165, 1.54) is 0 Å². The van der Waals surface area contributed by atoms with E-state index in [0.29, 0.717) is 74.7 Å². The van der Waals surface area contributed by atoms with E-state index in [0.717, 1.165) is 16.7 Å². The first-order valence-electron chi connectivity index (χ1n) is 35.4. The van der Waals surface area contributed by atoms with Crippen LogP contribution in [0.2, 0.25) is 0 Å². The number of Topliss-reactive ketones (excluding diaryl/α,β-unsaturated/α-hetero) is 2. The van der Waals surface area contributed by atoms with E-state index in [4.69, 9.17) is 38.9 Å². The summed E-state index contributed by atoms with van der Waals surface area (Å²) in [5, 5.41) is 23.0. The highest BCUT2D eigenvalue weighted by atomic mass is 19.1. The second-order valence-corrected chi connectivity index (χ2v) is 27.8. The Kier molecular flexibility index (Phi) is 26.9. The fraction of sp³-hybridized carbons (Fsp3) is 0.558. The zero-order valence-electron chi connectivity index (χ0n) is 58.6. The van der Waals surface area contributed by atoms with Crippen LogP contribution in [-0.2, 0) is 79.9 Å². The maximum absolute atomic E-state index is 18.0. The minimum absolute atomic E-state index is 0.0278. The summed E-state index contributed by atoms with van der Waals surface area (Å²) in [6.45, 7) is 15.5. The van der Waals surface area contributed by atoms with Gasteiger partial charge in [0.2, 0.25) is 23.6 Å². The smallest absolute Gasteiger partial charge is 0.312 e. The summed E-state index contributed by atoms with van der Waals surface area (Å²) in [6.07, 6.45) is 0.913. The zero-order chi connectivity index (χ0) is 72.5. The number of hydrogen-bond donors (Lipinski definition) is 6. The van der Waals surface area contributed by atoms with Gasteiger partial charge in [-0.15, -0.1) is 0 Å². The number of primary amides is 1. The van der Waals surface area contributed by atoms with Crippen molar-refractivity contribution < 1.29 is 85.4 Å². The molecule has 6 aliphatic rings. The SMILES string of the molecule is C=C1C=C[C@@]2(C)C(=C1)[C@@H](F)C[C@H]1[C@@H]3C[C@H]4OC(CCC)O[C@@]4(C(=O)CCC(=O)OCc4ccc(NC(=O)[C@H](CCCNC(N)=O)CC(=O)[C@@H](NC(=O)CCOCCOCCOCCOCCNC(=O)CCC(=O)N5Cc6ccccc6C#Cc6ccccc65)C(C)C)cc4)[C@@]3(C)C[C@H](O)[C@@]12F. The van der Waals surface area contributed by atoms with Crippen LogP contribution >= 0.6 is 0 Å². The molecule has 12 atom stereocenters. The number of ether oxygens (including phenoxy) is 7. The van der Waals surface area contributed by atoms with Gasteiger partial charge in [0.1, 0.15) is 12.8 Å². The van der Waals surface area contributed by atoms with Crippen molar-refractivity contribution in [2.75, 3.05) is 76.2 Å². The number of carbonyl (C=O) groups excluding carboxylic acids is 8. The Labute approximate surface area is 589 Å². The van der Waals surface area contributed by atoms with Crippen LogP contribution in [0.5, 0.6) is 0 Å². The Bertz CT molecular complexity index is 3610. The number of carbonyl (C=O) groups is 8. The molecule has 6 amide bonds. The Balaban J connectivity index is 0.646.